The van der Waals surface area contributed by atoms with Crippen LogP contribution in [0.5, 0.6) is 5.75 Å². The van der Waals surface area contributed by atoms with E-state index in [0.29, 0.717) is 12.3 Å². The number of ether oxygens (including phenoxy) is 1. The van der Waals surface area contributed by atoms with Crippen LogP contribution in [0.2, 0.25) is 0 Å². The Hall–Kier alpha value is -2.31. The maximum Gasteiger partial charge on any atom is 0.122 e. The van der Waals surface area contributed by atoms with Crippen molar-refractivity contribution in [2.45, 2.75) is 63.3 Å². The molecule has 2 aromatic carbocycles. The van der Waals surface area contributed by atoms with Gasteiger partial charge in [-0.2, -0.15) is 5.26 Å². The van der Waals surface area contributed by atoms with Gasteiger partial charge in [-0.05, 0) is 79.1 Å². The first-order valence-electron chi connectivity index (χ1n) is 11.2. The van der Waals surface area contributed by atoms with E-state index in [2.05, 4.69) is 53.4 Å². The van der Waals surface area contributed by atoms with Crippen LogP contribution in [0.1, 0.15) is 62.0 Å². The summed E-state index contributed by atoms with van der Waals surface area (Å²) < 4.78 is 5.73. The van der Waals surface area contributed by atoms with E-state index in [1.165, 1.54) is 74.7 Å². The zero-order valence-electron chi connectivity index (χ0n) is 17.6. The molecule has 0 spiro atoms. The second kappa shape index (κ2) is 9.46. The van der Waals surface area contributed by atoms with E-state index in [9.17, 15) is 0 Å². The number of piperidine rings is 1. The Kier molecular flexibility index (Phi) is 6.52. The number of hydrogen-bond donors (Lipinski definition) is 0. The molecule has 0 aromatic heterocycles. The van der Waals surface area contributed by atoms with Crippen molar-refractivity contribution in [3.05, 3.63) is 53.6 Å². The van der Waals surface area contributed by atoms with Crippen LogP contribution in [0.15, 0.2) is 42.5 Å². The second-order valence-electron chi connectivity index (χ2n) is 8.59. The molecule has 0 bridgehead atoms. The van der Waals surface area contributed by atoms with Gasteiger partial charge in [-0.1, -0.05) is 49.6 Å². The van der Waals surface area contributed by atoms with Gasteiger partial charge in [0.1, 0.15) is 5.75 Å². The Balaban J connectivity index is 1.49. The lowest BCUT2D eigenvalue weighted by Gasteiger charge is -2.39. The lowest BCUT2D eigenvalue weighted by Crippen LogP contribution is -2.41. The summed E-state index contributed by atoms with van der Waals surface area (Å²) in [4.78, 5) is 2.75. The Labute approximate surface area is 175 Å². The molecule has 1 aliphatic heterocycles. The summed E-state index contributed by atoms with van der Waals surface area (Å²) >= 11 is 0. The maximum atomic E-state index is 8.88. The van der Waals surface area contributed by atoms with Crippen LogP contribution in [-0.4, -0.2) is 31.1 Å². The molecule has 0 amide bonds. The van der Waals surface area contributed by atoms with Crippen LogP contribution in [-0.2, 0) is 6.42 Å². The summed E-state index contributed by atoms with van der Waals surface area (Å²) in [6, 6.07) is 18.0. The Morgan fingerprint density at radius 3 is 2.28 bits per heavy atom. The molecule has 1 aliphatic carbocycles. The van der Waals surface area contributed by atoms with Crippen LogP contribution in [0, 0.1) is 11.3 Å². The molecule has 3 nitrogen and oxygen atoms in total. The monoisotopic (exact) mass is 388 g/mol. The smallest absolute Gasteiger partial charge is 0.122 e. The largest absolute Gasteiger partial charge is 0.496 e. The lowest BCUT2D eigenvalue weighted by molar-refractivity contribution is 0.121. The second-order valence-corrected chi connectivity index (χ2v) is 8.59. The summed E-state index contributed by atoms with van der Waals surface area (Å²) in [5.41, 5.74) is 4.86. The van der Waals surface area contributed by atoms with E-state index in [-0.39, 0.29) is 0 Å². The van der Waals surface area contributed by atoms with E-state index in [1.54, 1.807) is 7.11 Å². The lowest BCUT2D eigenvalue weighted by atomic mass is 9.85. The zero-order valence-corrected chi connectivity index (χ0v) is 17.6. The molecule has 1 saturated heterocycles. The fraction of sp³-hybridized carbons (Fsp3) is 0.500. The number of nitriles is 1. The highest BCUT2D eigenvalue weighted by atomic mass is 16.5. The maximum absolute atomic E-state index is 8.88. The first-order valence-corrected chi connectivity index (χ1v) is 11.2. The molecule has 0 atom stereocenters. The van der Waals surface area contributed by atoms with Crippen LogP contribution in [0.25, 0.3) is 11.1 Å². The summed E-state index contributed by atoms with van der Waals surface area (Å²) in [6.07, 6.45) is 9.94. The van der Waals surface area contributed by atoms with E-state index < -0.39 is 0 Å². The molecule has 0 N–H and O–H groups in total. The predicted octanol–water partition coefficient (Wildman–Crippen LogP) is 5.94. The minimum Gasteiger partial charge on any atom is -0.496 e. The average Bonchev–Trinajstić information content (AvgIpc) is 2.80. The van der Waals surface area contributed by atoms with E-state index in [4.69, 9.17) is 10.00 Å². The van der Waals surface area contributed by atoms with Crippen LogP contribution < -0.4 is 4.74 Å². The van der Waals surface area contributed by atoms with Crippen LogP contribution >= 0.6 is 0 Å². The highest BCUT2D eigenvalue weighted by Gasteiger charge is 2.28. The minimum atomic E-state index is 0.466. The van der Waals surface area contributed by atoms with Crippen molar-refractivity contribution >= 4 is 0 Å². The topological polar surface area (TPSA) is 36.3 Å². The van der Waals surface area contributed by atoms with E-state index >= 15 is 0 Å². The molecule has 3 heteroatoms. The third-order valence-electron chi connectivity index (χ3n) is 6.86. The van der Waals surface area contributed by atoms with Gasteiger partial charge in [0.2, 0.25) is 0 Å². The van der Waals surface area contributed by atoms with E-state index in [1.807, 2.05) is 0 Å². The molecule has 4 rings (SSSR count). The van der Waals surface area contributed by atoms with Crippen molar-refractivity contribution < 1.29 is 4.74 Å². The molecular weight excluding hydrogens is 356 g/mol. The van der Waals surface area contributed by atoms with Crippen molar-refractivity contribution in [2.75, 3.05) is 20.2 Å². The Bertz CT molecular complexity index is 838. The number of hydrogen-bond acceptors (Lipinski definition) is 3. The SMILES string of the molecule is COc1ccc(-c2ccc(CC#N)cc2)cc1C1CCN(C2CCCCC2)CC1. The third-order valence-corrected chi connectivity index (χ3v) is 6.86. The standard InChI is InChI=1S/C26H32N2O/c1-29-26-12-11-23(21-9-7-20(8-10-21)13-16-27)19-25(26)22-14-17-28(18-15-22)24-5-3-2-4-6-24/h7-12,19,22,24H,2-6,13-15,17-18H2,1H3. The van der Waals surface area contributed by atoms with Gasteiger partial charge < -0.3 is 9.64 Å². The highest BCUT2D eigenvalue weighted by Crippen LogP contribution is 2.38. The molecule has 1 heterocycles. The summed E-state index contributed by atoms with van der Waals surface area (Å²) in [6.45, 7) is 2.43. The number of nitrogens with zero attached hydrogens (tertiary/aromatic N) is 2. The Morgan fingerprint density at radius 1 is 0.931 bits per heavy atom. The molecule has 0 radical (unpaired) electrons. The van der Waals surface area contributed by atoms with Gasteiger partial charge in [0.25, 0.3) is 0 Å². The molecule has 2 aliphatic rings. The summed E-state index contributed by atoms with van der Waals surface area (Å²) in [5, 5.41) is 8.88. The quantitative estimate of drug-likeness (QED) is 0.636. The van der Waals surface area contributed by atoms with Crippen molar-refractivity contribution in [2.24, 2.45) is 0 Å². The van der Waals surface area contributed by atoms with Crippen molar-refractivity contribution in [3.63, 3.8) is 0 Å². The first-order chi connectivity index (χ1) is 14.3. The minimum absolute atomic E-state index is 0.466. The Morgan fingerprint density at radius 2 is 1.62 bits per heavy atom. The number of rotatable bonds is 5. The molecular formula is C26H32N2O. The fourth-order valence-corrected chi connectivity index (χ4v) is 5.16. The number of methoxy groups -OCH3 is 1. The first kappa shape index (κ1) is 20.0. The number of likely N-dealkylation sites (tertiary alicyclic amines) is 1. The summed E-state index contributed by atoms with van der Waals surface area (Å²) in [5.74, 6) is 1.59. The van der Waals surface area contributed by atoms with Gasteiger partial charge in [-0.3, -0.25) is 0 Å². The van der Waals surface area contributed by atoms with Crippen LogP contribution in [0.3, 0.4) is 0 Å². The molecule has 0 unspecified atom stereocenters. The van der Waals surface area contributed by atoms with Gasteiger partial charge in [0.05, 0.1) is 19.6 Å². The van der Waals surface area contributed by atoms with Crippen molar-refractivity contribution in [1.82, 2.24) is 4.90 Å². The van der Waals surface area contributed by atoms with Crippen molar-refractivity contribution in [3.8, 4) is 22.9 Å². The average molecular weight is 389 g/mol. The van der Waals surface area contributed by atoms with Gasteiger partial charge in [0.15, 0.2) is 0 Å². The predicted molar refractivity (Wildman–Crippen MR) is 118 cm³/mol. The number of benzene rings is 2. The van der Waals surface area contributed by atoms with Gasteiger partial charge in [-0.15, -0.1) is 0 Å². The van der Waals surface area contributed by atoms with Crippen molar-refractivity contribution in [1.29, 1.82) is 5.26 Å². The zero-order chi connectivity index (χ0) is 20.1. The molecule has 2 fully saturated rings. The van der Waals surface area contributed by atoms with Gasteiger partial charge >= 0.3 is 0 Å². The molecule has 152 valence electrons. The summed E-state index contributed by atoms with van der Waals surface area (Å²) in [7, 11) is 1.78. The highest BCUT2D eigenvalue weighted by molar-refractivity contribution is 5.66. The normalized spacial score (nSPS) is 19.0. The molecule has 2 aromatic rings. The van der Waals surface area contributed by atoms with Crippen LogP contribution in [0.4, 0.5) is 0 Å². The van der Waals surface area contributed by atoms with Gasteiger partial charge in [0, 0.05) is 6.04 Å². The molecule has 29 heavy (non-hydrogen) atoms. The van der Waals surface area contributed by atoms with Gasteiger partial charge in [-0.25, -0.2) is 0 Å². The molecule has 1 saturated carbocycles. The van der Waals surface area contributed by atoms with E-state index in [0.717, 1.165) is 17.4 Å². The fourth-order valence-electron chi connectivity index (χ4n) is 5.16. The third kappa shape index (κ3) is 4.65.